The van der Waals surface area contributed by atoms with Crippen LogP contribution < -0.4 is 5.32 Å². The van der Waals surface area contributed by atoms with Crippen molar-refractivity contribution in [1.82, 2.24) is 14.8 Å². The summed E-state index contributed by atoms with van der Waals surface area (Å²) < 4.78 is 1.80. The van der Waals surface area contributed by atoms with Gasteiger partial charge in [0.1, 0.15) is 0 Å². The predicted octanol–water partition coefficient (Wildman–Crippen LogP) is 3.79. The van der Waals surface area contributed by atoms with Crippen LogP contribution in [0.4, 0.5) is 5.69 Å². The average Bonchev–Trinajstić information content (AvgIpc) is 2.89. The summed E-state index contributed by atoms with van der Waals surface area (Å²) >= 11 is 6.18. The Hall–Kier alpha value is -2.07. The second-order valence-corrected chi connectivity index (χ2v) is 5.22. The third-order valence-electron chi connectivity index (χ3n) is 3.32. The molecule has 1 unspecified atom stereocenters. The first-order valence-electron chi connectivity index (χ1n) is 6.43. The molecule has 5 heteroatoms. The lowest BCUT2D eigenvalue weighted by molar-refractivity contribution is 0.765. The van der Waals surface area contributed by atoms with E-state index in [9.17, 15) is 0 Å². The van der Waals surface area contributed by atoms with Gasteiger partial charge in [0.2, 0.25) is 0 Å². The molecule has 3 aromatic rings. The fraction of sp³-hybridized carbons (Fsp3) is 0.200. The number of hydrogen-bond donors (Lipinski definition) is 1. The van der Waals surface area contributed by atoms with E-state index in [-0.39, 0.29) is 6.04 Å². The lowest BCUT2D eigenvalue weighted by Gasteiger charge is -2.15. The number of pyridine rings is 1. The molecule has 2 heterocycles. The Labute approximate surface area is 122 Å². The molecule has 0 radical (unpaired) electrons. The summed E-state index contributed by atoms with van der Waals surface area (Å²) in [4.78, 5) is 4.34. The van der Waals surface area contributed by atoms with Crippen molar-refractivity contribution in [2.75, 3.05) is 5.32 Å². The van der Waals surface area contributed by atoms with Gasteiger partial charge in [0.05, 0.1) is 22.8 Å². The van der Waals surface area contributed by atoms with Gasteiger partial charge in [0.25, 0.3) is 0 Å². The maximum absolute atomic E-state index is 6.18. The SMILES string of the molecule is CC(Nc1ccc(Cl)c2ncccc12)c1cnn(C)c1. The highest BCUT2D eigenvalue weighted by atomic mass is 35.5. The third-order valence-corrected chi connectivity index (χ3v) is 3.62. The minimum Gasteiger partial charge on any atom is -0.378 e. The molecular weight excluding hydrogens is 272 g/mol. The fourth-order valence-electron chi connectivity index (χ4n) is 2.24. The quantitative estimate of drug-likeness (QED) is 0.796. The number of fused-ring (bicyclic) bond motifs is 1. The minimum absolute atomic E-state index is 0.160. The maximum Gasteiger partial charge on any atom is 0.0908 e. The molecule has 102 valence electrons. The van der Waals surface area contributed by atoms with Crippen LogP contribution in [0.1, 0.15) is 18.5 Å². The molecule has 0 bridgehead atoms. The van der Waals surface area contributed by atoms with Crippen molar-refractivity contribution in [2.24, 2.45) is 7.05 Å². The molecule has 0 aliphatic heterocycles. The Kier molecular flexibility index (Phi) is 3.32. The molecule has 2 aromatic heterocycles. The largest absolute Gasteiger partial charge is 0.378 e. The van der Waals surface area contributed by atoms with Crippen molar-refractivity contribution in [2.45, 2.75) is 13.0 Å². The molecular formula is C15H15ClN4. The third kappa shape index (κ3) is 2.34. The lowest BCUT2D eigenvalue weighted by Crippen LogP contribution is -2.06. The van der Waals surface area contributed by atoms with Crippen LogP contribution in [0.15, 0.2) is 42.9 Å². The van der Waals surface area contributed by atoms with Crippen molar-refractivity contribution >= 4 is 28.2 Å². The van der Waals surface area contributed by atoms with Crippen LogP contribution >= 0.6 is 11.6 Å². The summed E-state index contributed by atoms with van der Waals surface area (Å²) in [6.07, 6.45) is 5.63. The van der Waals surface area contributed by atoms with E-state index in [1.165, 1.54) is 0 Å². The van der Waals surface area contributed by atoms with Gasteiger partial charge in [-0.05, 0) is 31.2 Å². The smallest absolute Gasteiger partial charge is 0.0908 e. The van der Waals surface area contributed by atoms with E-state index in [1.807, 2.05) is 43.7 Å². The normalized spacial score (nSPS) is 12.6. The number of halogens is 1. The van der Waals surface area contributed by atoms with Crippen LogP contribution in [0.3, 0.4) is 0 Å². The van der Waals surface area contributed by atoms with E-state index in [2.05, 4.69) is 22.3 Å². The number of rotatable bonds is 3. The van der Waals surface area contributed by atoms with Crippen LogP contribution in [0.2, 0.25) is 5.02 Å². The second-order valence-electron chi connectivity index (χ2n) is 4.81. The van der Waals surface area contributed by atoms with Gasteiger partial charge >= 0.3 is 0 Å². The summed E-state index contributed by atoms with van der Waals surface area (Å²) in [5.41, 5.74) is 2.98. The molecule has 1 atom stereocenters. The summed E-state index contributed by atoms with van der Waals surface area (Å²) in [5, 5.41) is 9.38. The predicted molar refractivity (Wildman–Crippen MR) is 82.0 cm³/mol. The Balaban J connectivity index is 1.97. The summed E-state index contributed by atoms with van der Waals surface area (Å²) in [5.74, 6) is 0. The molecule has 1 aromatic carbocycles. The zero-order valence-electron chi connectivity index (χ0n) is 11.3. The minimum atomic E-state index is 0.160. The molecule has 0 saturated heterocycles. The van der Waals surface area contributed by atoms with Gasteiger partial charge in [-0.25, -0.2) is 0 Å². The Morgan fingerprint density at radius 2 is 2.15 bits per heavy atom. The van der Waals surface area contributed by atoms with Gasteiger partial charge < -0.3 is 5.32 Å². The van der Waals surface area contributed by atoms with Crippen molar-refractivity contribution < 1.29 is 0 Å². The van der Waals surface area contributed by atoms with Crippen molar-refractivity contribution in [1.29, 1.82) is 0 Å². The standard InChI is InChI=1S/C15H15ClN4/c1-10(11-8-18-20(2)9-11)19-14-6-5-13(16)15-12(14)4-3-7-17-15/h3-10,19H,1-2H3. The average molecular weight is 287 g/mol. The van der Waals surface area contributed by atoms with Crippen LogP contribution in [-0.2, 0) is 7.05 Å². The number of hydrogen-bond acceptors (Lipinski definition) is 3. The van der Waals surface area contributed by atoms with Gasteiger partial charge in [0.15, 0.2) is 0 Å². The number of nitrogens with one attached hydrogen (secondary N) is 1. The van der Waals surface area contributed by atoms with Gasteiger partial charge in [0, 0.05) is 36.1 Å². The van der Waals surface area contributed by atoms with Crippen LogP contribution in [-0.4, -0.2) is 14.8 Å². The molecule has 4 nitrogen and oxygen atoms in total. The fourth-order valence-corrected chi connectivity index (χ4v) is 2.46. The first-order valence-corrected chi connectivity index (χ1v) is 6.81. The van der Waals surface area contributed by atoms with Crippen LogP contribution in [0.25, 0.3) is 10.9 Å². The Morgan fingerprint density at radius 3 is 2.90 bits per heavy atom. The molecule has 0 fully saturated rings. The maximum atomic E-state index is 6.18. The molecule has 0 amide bonds. The highest BCUT2D eigenvalue weighted by Gasteiger charge is 2.10. The van der Waals surface area contributed by atoms with Crippen LogP contribution in [0, 0.1) is 0 Å². The highest BCUT2D eigenvalue weighted by Crippen LogP contribution is 2.30. The van der Waals surface area contributed by atoms with E-state index < -0.39 is 0 Å². The molecule has 0 spiro atoms. The van der Waals surface area contributed by atoms with Gasteiger partial charge in [-0.3, -0.25) is 9.67 Å². The number of aryl methyl sites for hydroxylation is 1. The summed E-state index contributed by atoms with van der Waals surface area (Å²) in [7, 11) is 1.91. The first-order chi connectivity index (χ1) is 9.65. The first kappa shape index (κ1) is 12.9. The van der Waals surface area contributed by atoms with Gasteiger partial charge in [-0.1, -0.05) is 11.6 Å². The molecule has 0 aliphatic carbocycles. The molecule has 0 saturated carbocycles. The van der Waals surface area contributed by atoms with E-state index in [4.69, 9.17) is 11.6 Å². The number of anilines is 1. The monoisotopic (exact) mass is 286 g/mol. The van der Waals surface area contributed by atoms with Gasteiger partial charge in [-0.15, -0.1) is 0 Å². The summed E-state index contributed by atoms with van der Waals surface area (Å²) in [6.45, 7) is 2.10. The topological polar surface area (TPSA) is 42.7 Å². The van der Waals surface area contributed by atoms with Gasteiger partial charge in [-0.2, -0.15) is 5.10 Å². The molecule has 1 N–H and O–H groups in total. The molecule has 20 heavy (non-hydrogen) atoms. The van der Waals surface area contributed by atoms with E-state index in [1.54, 1.807) is 10.9 Å². The van der Waals surface area contributed by atoms with E-state index in [0.29, 0.717) is 5.02 Å². The molecule has 3 rings (SSSR count). The Bertz CT molecular complexity index is 750. The Morgan fingerprint density at radius 1 is 1.30 bits per heavy atom. The zero-order chi connectivity index (χ0) is 14.1. The van der Waals surface area contributed by atoms with Crippen molar-refractivity contribution in [3.63, 3.8) is 0 Å². The number of aromatic nitrogens is 3. The highest BCUT2D eigenvalue weighted by molar-refractivity contribution is 6.35. The lowest BCUT2D eigenvalue weighted by atomic mass is 10.1. The number of nitrogens with zero attached hydrogens (tertiary/aromatic N) is 3. The number of benzene rings is 1. The second kappa shape index (κ2) is 5.13. The summed E-state index contributed by atoms with van der Waals surface area (Å²) in [6, 6.07) is 7.95. The van der Waals surface area contributed by atoms with Crippen LogP contribution in [0.5, 0.6) is 0 Å². The van der Waals surface area contributed by atoms with E-state index in [0.717, 1.165) is 22.2 Å². The molecule has 0 aliphatic rings. The zero-order valence-corrected chi connectivity index (χ0v) is 12.1. The van der Waals surface area contributed by atoms with E-state index >= 15 is 0 Å². The van der Waals surface area contributed by atoms with Crippen molar-refractivity contribution in [3.05, 3.63) is 53.4 Å². The van der Waals surface area contributed by atoms with Crippen molar-refractivity contribution in [3.8, 4) is 0 Å².